The predicted molar refractivity (Wildman–Crippen MR) is 101 cm³/mol. The van der Waals surface area contributed by atoms with Crippen molar-refractivity contribution in [1.82, 2.24) is 10.2 Å². The third-order valence-corrected chi connectivity index (χ3v) is 5.78. The molecule has 1 N–H and O–H groups in total. The van der Waals surface area contributed by atoms with Crippen molar-refractivity contribution in [3.05, 3.63) is 70.2 Å². The molecular formula is C21H21ClN2O2. The molecule has 0 radical (unpaired) electrons. The van der Waals surface area contributed by atoms with Gasteiger partial charge in [-0.3, -0.25) is 9.59 Å². The van der Waals surface area contributed by atoms with Crippen molar-refractivity contribution in [3.63, 3.8) is 0 Å². The van der Waals surface area contributed by atoms with Gasteiger partial charge in [-0.1, -0.05) is 54.1 Å². The Morgan fingerprint density at radius 1 is 1.04 bits per heavy atom. The fourth-order valence-corrected chi connectivity index (χ4v) is 3.82. The van der Waals surface area contributed by atoms with E-state index < -0.39 is 5.41 Å². The lowest BCUT2D eigenvalue weighted by atomic mass is 9.97. The van der Waals surface area contributed by atoms with Crippen LogP contribution in [-0.4, -0.2) is 23.3 Å². The maximum absolute atomic E-state index is 13.1. The second-order valence-electron chi connectivity index (χ2n) is 7.10. The van der Waals surface area contributed by atoms with Crippen molar-refractivity contribution in [2.24, 2.45) is 5.41 Å². The molecule has 0 saturated heterocycles. The summed E-state index contributed by atoms with van der Waals surface area (Å²) in [4.78, 5) is 27.6. The van der Waals surface area contributed by atoms with Crippen molar-refractivity contribution in [3.8, 4) is 0 Å². The molecule has 2 amide bonds. The van der Waals surface area contributed by atoms with Gasteiger partial charge >= 0.3 is 0 Å². The number of hydrogen-bond acceptors (Lipinski definition) is 2. The number of carbonyl (C=O) groups excluding carboxylic acids is 2. The fourth-order valence-electron chi connectivity index (χ4n) is 3.62. The second-order valence-corrected chi connectivity index (χ2v) is 7.51. The first-order chi connectivity index (χ1) is 12.6. The number of halogens is 1. The van der Waals surface area contributed by atoms with Gasteiger partial charge in [-0.05, 0) is 42.0 Å². The molecule has 0 spiro atoms. The van der Waals surface area contributed by atoms with E-state index in [1.54, 1.807) is 6.07 Å². The highest BCUT2D eigenvalue weighted by atomic mass is 35.5. The van der Waals surface area contributed by atoms with Crippen LogP contribution in [0.3, 0.4) is 0 Å². The maximum atomic E-state index is 13.1. The van der Waals surface area contributed by atoms with Gasteiger partial charge in [0, 0.05) is 24.7 Å². The molecule has 5 heteroatoms. The third-order valence-electron chi connectivity index (χ3n) is 5.41. The molecule has 2 aromatic carbocycles. The largest absolute Gasteiger partial charge is 0.351 e. The number of hydrogen-bond donors (Lipinski definition) is 1. The second kappa shape index (κ2) is 6.76. The number of benzene rings is 2. The normalized spacial score (nSPS) is 17.3. The Bertz CT molecular complexity index is 861. The van der Waals surface area contributed by atoms with Crippen LogP contribution in [0.1, 0.15) is 29.5 Å². The highest BCUT2D eigenvalue weighted by molar-refractivity contribution is 6.31. The topological polar surface area (TPSA) is 49.4 Å². The van der Waals surface area contributed by atoms with Crippen LogP contribution in [-0.2, 0) is 29.1 Å². The van der Waals surface area contributed by atoms with Crippen LogP contribution in [0, 0.1) is 5.41 Å². The Kier molecular flexibility index (Phi) is 4.45. The van der Waals surface area contributed by atoms with Crippen molar-refractivity contribution < 1.29 is 9.59 Å². The van der Waals surface area contributed by atoms with Crippen LogP contribution in [0.4, 0.5) is 0 Å². The van der Waals surface area contributed by atoms with Crippen molar-refractivity contribution in [1.29, 1.82) is 0 Å². The zero-order valence-electron chi connectivity index (χ0n) is 14.5. The first-order valence-corrected chi connectivity index (χ1v) is 9.36. The molecule has 1 heterocycles. The monoisotopic (exact) mass is 368 g/mol. The third kappa shape index (κ3) is 3.10. The van der Waals surface area contributed by atoms with E-state index in [0.29, 0.717) is 37.5 Å². The molecule has 0 unspecified atom stereocenters. The Labute approximate surface area is 158 Å². The highest BCUT2D eigenvalue weighted by Crippen LogP contribution is 2.48. The van der Waals surface area contributed by atoms with Crippen LogP contribution in [0.25, 0.3) is 0 Å². The first-order valence-electron chi connectivity index (χ1n) is 8.98. The lowest BCUT2D eigenvalue weighted by Crippen LogP contribution is -2.46. The molecule has 4 nitrogen and oxygen atoms in total. The fraction of sp³-hybridized carbons (Fsp3) is 0.333. The van der Waals surface area contributed by atoms with E-state index in [2.05, 4.69) is 17.4 Å². The van der Waals surface area contributed by atoms with Crippen LogP contribution < -0.4 is 5.32 Å². The number of nitrogens with one attached hydrogen (secondary N) is 1. The van der Waals surface area contributed by atoms with E-state index in [1.807, 2.05) is 35.2 Å². The van der Waals surface area contributed by atoms with Gasteiger partial charge in [0.2, 0.25) is 11.8 Å². The van der Waals surface area contributed by atoms with Gasteiger partial charge in [0.05, 0.1) is 0 Å². The molecule has 0 aromatic heterocycles. The Morgan fingerprint density at radius 3 is 2.46 bits per heavy atom. The van der Waals surface area contributed by atoms with E-state index >= 15 is 0 Å². The molecule has 134 valence electrons. The lowest BCUT2D eigenvalue weighted by Gasteiger charge is -2.31. The standard InChI is InChI=1S/C21H21ClN2O2/c22-18-8-4-3-6-16(18)13-23-19(25)21(10-11-21)20(26)24-12-9-15-5-1-2-7-17(15)14-24/h1-8H,9-14H2,(H,23,25). The van der Waals surface area contributed by atoms with Crippen LogP contribution in [0.15, 0.2) is 48.5 Å². The highest BCUT2D eigenvalue weighted by Gasteiger charge is 2.58. The van der Waals surface area contributed by atoms with Crippen molar-refractivity contribution in [2.45, 2.75) is 32.4 Å². The van der Waals surface area contributed by atoms with Crippen LogP contribution in [0.5, 0.6) is 0 Å². The van der Waals surface area contributed by atoms with E-state index in [1.165, 1.54) is 11.1 Å². The molecule has 2 aliphatic rings. The van der Waals surface area contributed by atoms with Crippen molar-refractivity contribution in [2.75, 3.05) is 6.54 Å². The quantitative estimate of drug-likeness (QED) is 0.841. The maximum Gasteiger partial charge on any atom is 0.238 e. The number of nitrogens with zero attached hydrogens (tertiary/aromatic N) is 1. The van der Waals surface area contributed by atoms with E-state index in [9.17, 15) is 9.59 Å². The van der Waals surface area contributed by atoms with Gasteiger partial charge in [0.1, 0.15) is 5.41 Å². The van der Waals surface area contributed by atoms with Crippen LogP contribution >= 0.6 is 11.6 Å². The average molecular weight is 369 g/mol. The van der Waals surface area contributed by atoms with Gasteiger partial charge in [0.15, 0.2) is 0 Å². The minimum absolute atomic E-state index is 0.0383. The van der Waals surface area contributed by atoms with E-state index in [-0.39, 0.29) is 11.8 Å². The van der Waals surface area contributed by atoms with Crippen LogP contribution in [0.2, 0.25) is 5.02 Å². The summed E-state index contributed by atoms with van der Waals surface area (Å²) in [7, 11) is 0. The Hall–Kier alpha value is -2.33. The number of carbonyl (C=O) groups is 2. The van der Waals surface area contributed by atoms with E-state index in [0.717, 1.165) is 12.0 Å². The SMILES string of the molecule is O=C(NCc1ccccc1Cl)C1(C(=O)N2CCc3ccccc3C2)CC1. The molecule has 1 aliphatic carbocycles. The molecule has 2 aromatic rings. The molecule has 0 atom stereocenters. The summed E-state index contributed by atoms with van der Waals surface area (Å²) in [6.07, 6.45) is 2.09. The average Bonchev–Trinajstić information content (AvgIpc) is 3.48. The molecule has 0 bridgehead atoms. The number of fused-ring (bicyclic) bond motifs is 1. The molecular weight excluding hydrogens is 348 g/mol. The van der Waals surface area contributed by atoms with Gasteiger partial charge in [-0.15, -0.1) is 0 Å². The zero-order chi connectivity index (χ0) is 18.1. The predicted octanol–water partition coefficient (Wildman–Crippen LogP) is 3.32. The van der Waals surface area contributed by atoms with Crippen molar-refractivity contribution >= 4 is 23.4 Å². The molecule has 1 fully saturated rings. The zero-order valence-corrected chi connectivity index (χ0v) is 15.3. The summed E-state index contributed by atoms with van der Waals surface area (Å²) in [5.41, 5.74) is 2.45. The van der Waals surface area contributed by atoms with Gasteiger partial charge in [-0.25, -0.2) is 0 Å². The number of rotatable bonds is 4. The smallest absolute Gasteiger partial charge is 0.238 e. The minimum atomic E-state index is -0.881. The summed E-state index contributed by atoms with van der Waals surface area (Å²) in [6, 6.07) is 15.6. The van der Waals surface area contributed by atoms with Gasteiger partial charge in [-0.2, -0.15) is 0 Å². The Morgan fingerprint density at radius 2 is 1.73 bits per heavy atom. The molecule has 4 rings (SSSR count). The Balaban J connectivity index is 1.43. The lowest BCUT2D eigenvalue weighted by molar-refractivity contribution is -0.145. The molecule has 26 heavy (non-hydrogen) atoms. The number of amides is 2. The molecule has 1 aliphatic heterocycles. The van der Waals surface area contributed by atoms with E-state index in [4.69, 9.17) is 11.6 Å². The van der Waals surface area contributed by atoms with Gasteiger partial charge < -0.3 is 10.2 Å². The first kappa shape index (κ1) is 17.1. The summed E-state index contributed by atoms with van der Waals surface area (Å²) in [5, 5.41) is 3.53. The van der Waals surface area contributed by atoms with Gasteiger partial charge in [0.25, 0.3) is 0 Å². The summed E-state index contributed by atoms with van der Waals surface area (Å²) in [5.74, 6) is -0.218. The summed E-state index contributed by atoms with van der Waals surface area (Å²) in [6.45, 7) is 1.61. The summed E-state index contributed by atoms with van der Waals surface area (Å²) < 4.78 is 0. The molecule has 1 saturated carbocycles. The minimum Gasteiger partial charge on any atom is -0.351 e. The summed E-state index contributed by atoms with van der Waals surface area (Å²) >= 11 is 6.14.